The fraction of sp³-hybridized carbons (Fsp3) is 0.409. The molecule has 9 heteroatoms. The van der Waals surface area contributed by atoms with Crippen molar-refractivity contribution in [2.24, 2.45) is 5.92 Å². The van der Waals surface area contributed by atoms with Crippen LogP contribution in [0.15, 0.2) is 46.9 Å². The molecule has 4 rings (SSSR count). The molecule has 0 bridgehead atoms. The van der Waals surface area contributed by atoms with Gasteiger partial charge in [0.2, 0.25) is 15.9 Å². The van der Waals surface area contributed by atoms with Crippen LogP contribution >= 0.6 is 0 Å². The lowest BCUT2D eigenvalue weighted by Gasteiger charge is -2.17. The van der Waals surface area contributed by atoms with E-state index >= 15 is 0 Å². The van der Waals surface area contributed by atoms with Crippen LogP contribution in [-0.4, -0.2) is 43.4 Å². The summed E-state index contributed by atoms with van der Waals surface area (Å²) in [4.78, 5) is 4.48. The maximum absolute atomic E-state index is 12.0. The molecule has 2 heterocycles. The van der Waals surface area contributed by atoms with E-state index < -0.39 is 10.0 Å². The van der Waals surface area contributed by atoms with Crippen LogP contribution in [0.4, 0.5) is 11.5 Å². The van der Waals surface area contributed by atoms with E-state index in [0.29, 0.717) is 23.3 Å². The fourth-order valence-corrected chi connectivity index (χ4v) is 3.67. The van der Waals surface area contributed by atoms with E-state index in [1.807, 2.05) is 31.2 Å². The first-order valence-corrected chi connectivity index (χ1v) is 12.2. The molecule has 1 saturated carbocycles. The Labute approximate surface area is 182 Å². The number of hydrogen-bond donors (Lipinski definition) is 1. The van der Waals surface area contributed by atoms with Gasteiger partial charge in [0.15, 0.2) is 0 Å². The normalized spacial score (nSPS) is 14.9. The highest BCUT2D eigenvalue weighted by atomic mass is 32.2. The van der Waals surface area contributed by atoms with E-state index in [1.165, 1.54) is 25.5 Å². The molecule has 31 heavy (non-hydrogen) atoms. The van der Waals surface area contributed by atoms with Crippen molar-refractivity contribution in [3.8, 4) is 11.6 Å². The van der Waals surface area contributed by atoms with Gasteiger partial charge in [0.1, 0.15) is 11.5 Å². The van der Waals surface area contributed by atoms with Crippen molar-refractivity contribution >= 4 is 21.5 Å². The highest BCUT2D eigenvalue weighted by Crippen LogP contribution is 2.31. The van der Waals surface area contributed by atoms with Crippen molar-refractivity contribution in [3.05, 3.63) is 53.9 Å². The Kier molecular flexibility index (Phi) is 5.95. The average Bonchev–Trinajstić information content (AvgIpc) is 3.44. The third-order valence-electron chi connectivity index (χ3n) is 5.39. The first kappa shape index (κ1) is 21.3. The van der Waals surface area contributed by atoms with Crippen LogP contribution < -0.4 is 9.62 Å². The van der Waals surface area contributed by atoms with Crippen molar-refractivity contribution < 1.29 is 12.8 Å². The van der Waals surface area contributed by atoms with Crippen LogP contribution in [0.25, 0.3) is 11.6 Å². The summed E-state index contributed by atoms with van der Waals surface area (Å²) < 4.78 is 31.2. The SMILES string of the molecule is C[C@@H](Cc1ccccc1)c1nnc(-c2cc(NCC3CC3)cc(N(C)S(C)(=O)=O)n2)o1. The maximum Gasteiger partial charge on any atom is 0.266 e. The van der Waals surface area contributed by atoms with Gasteiger partial charge < -0.3 is 9.73 Å². The minimum Gasteiger partial charge on any atom is -0.419 e. The second-order valence-corrected chi connectivity index (χ2v) is 10.2. The number of nitrogens with zero attached hydrogens (tertiary/aromatic N) is 4. The Bertz CT molecular complexity index is 1140. The third-order valence-corrected chi connectivity index (χ3v) is 6.57. The van der Waals surface area contributed by atoms with Gasteiger partial charge in [0, 0.05) is 31.3 Å². The number of aromatic nitrogens is 3. The van der Waals surface area contributed by atoms with Crippen molar-refractivity contribution in [2.75, 3.05) is 29.5 Å². The minimum atomic E-state index is -3.46. The number of rotatable bonds is 9. The number of hydrogen-bond acceptors (Lipinski definition) is 7. The molecule has 0 saturated heterocycles. The van der Waals surface area contributed by atoms with Crippen molar-refractivity contribution in [2.45, 2.75) is 32.1 Å². The monoisotopic (exact) mass is 441 g/mol. The van der Waals surface area contributed by atoms with Gasteiger partial charge in [-0.3, -0.25) is 4.31 Å². The molecular formula is C22H27N5O3S. The summed E-state index contributed by atoms with van der Waals surface area (Å²) >= 11 is 0. The van der Waals surface area contributed by atoms with Gasteiger partial charge in [-0.2, -0.15) is 0 Å². The maximum atomic E-state index is 12.0. The standard InChI is InChI=1S/C22H27N5O3S/c1-15(11-16-7-5-4-6-8-16)21-25-26-22(30-21)19-12-18(23-14-17-9-10-17)13-20(24-19)27(2)31(3,28)29/h4-8,12-13,15,17H,9-11,14H2,1-3H3,(H,23,24)/t15-/m0/s1. The second kappa shape index (κ2) is 8.66. The number of pyridine rings is 1. The molecule has 0 amide bonds. The van der Waals surface area contributed by atoms with Gasteiger partial charge in [-0.15, -0.1) is 10.2 Å². The molecular weight excluding hydrogens is 414 g/mol. The van der Waals surface area contributed by atoms with Gasteiger partial charge in [0.25, 0.3) is 5.89 Å². The molecule has 0 aliphatic heterocycles. The molecule has 1 aromatic carbocycles. The smallest absolute Gasteiger partial charge is 0.266 e. The number of nitrogens with one attached hydrogen (secondary N) is 1. The van der Waals surface area contributed by atoms with Gasteiger partial charge in [0.05, 0.1) is 6.26 Å². The van der Waals surface area contributed by atoms with Gasteiger partial charge >= 0.3 is 0 Å². The van der Waals surface area contributed by atoms with Crippen LogP contribution in [0.2, 0.25) is 0 Å². The summed E-state index contributed by atoms with van der Waals surface area (Å²) in [7, 11) is -1.98. The molecule has 3 aromatic rings. The van der Waals surface area contributed by atoms with Gasteiger partial charge in [-0.25, -0.2) is 13.4 Å². The Hall–Kier alpha value is -2.94. The van der Waals surface area contributed by atoms with E-state index in [9.17, 15) is 8.42 Å². The van der Waals surface area contributed by atoms with Crippen LogP contribution in [0, 0.1) is 5.92 Å². The summed E-state index contributed by atoms with van der Waals surface area (Å²) in [6, 6.07) is 13.7. The van der Waals surface area contributed by atoms with Crippen LogP contribution in [0.1, 0.15) is 37.1 Å². The topological polar surface area (TPSA) is 101 Å². The predicted octanol–water partition coefficient (Wildman–Crippen LogP) is 3.70. The lowest BCUT2D eigenvalue weighted by molar-refractivity contribution is 0.465. The van der Waals surface area contributed by atoms with E-state index in [4.69, 9.17) is 4.42 Å². The van der Waals surface area contributed by atoms with E-state index in [0.717, 1.165) is 29.2 Å². The predicted molar refractivity (Wildman–Crippen MR) is 121 cm³/mol. The van der Waals surface area contributed by atoms with Gasteiger partial charge in [-0.1, -0.05) is 37.3 Å². The fourth-order valence-electron chi connectivity index (χ4n) is 3.24. The highest BCUT2D eigenvalue weighted by molar-refractivity contribution is 7.92. The average molecular weight is 442 g/mol. The Morgan fingerprint density at radius 3 is 2.61 bits per heavy atom. The third kappa shape index (κ3) is 5.41. The Morgan fingerprint density at radius 1 is 1.19 bits per heavy atom. The summed E-state index contributed by atoms with van der Waals surface area (Å²) in [5, 5.41) is 11.8. The van der Waals surface area contributed by atoms with E-state index in [2.05, 4.69) is 32.6 Å². The van der Waals surface area contributed by atoms with Crippen molar-refractivity contribution in [1.29, 1.82) is 0 Å². The Balaban J connectivity index is 1.60. The van der Waals surface area contributed by atoms with Crippen LogP contribution in [-0.2, 0) is 16.4 Å². The van der Waals surface area contributed by atoms with E-state index in [1.54, 1.807) is 6.07 Å². The number of sulfonamides is 1. The zero-order valence-electron chi connectivity index (χ0n) is 17.9. The second-order valence-electron chi connectivity index (χ2n) is 8.19. The summed E-state index contributed by atoms with van der Waals surface area (Å²) in [6.45, 7) is 2.88. The highest BCUT2D eigenvalue weighted by Gasteiger charge is 2.23. The molecule has 164 valence electrons. The quantitative estimate of drug-likeness (QED) is 0.540. The summed E-state index contributed by atoms with van der Waals surface area (Å²) in [5.74, 6) is 1.80. The molecule has 8 nitrogen and oxygen atoms in total. The van der Waals surface area contributed by atoms with Crippen LogP contribution in [0.5, 0.6) is 0 Å². The molecule has 1 atom stereocenters. The van der Waals surface area contributed by atoms with Crippen molar-refractivity contribution in [1.82, 2.24) is 15.2 Å². The summed E-state index contributed by atoms with van der Waals surface area (Å²) in [6.07, 6.45) is 4.36. The Morgan fingerprint density at radius 2 is 1.94 bits per heavy atom. The molecule has 2 aromatic heterocycles. The molecule has 1 N–H and O–H groups in total. The largest absolute Gasteiger partial charge is 0.419 e. The molecule has 0 radical (unpaired) electrons. The lowest BCUT2D eigenvalue weighted by Crippen LogP contribution is -2.26. The van der Waals surface area contributed by atoms with Crippen LogP contribution in [0.3, 0.4) is 0 Å². The molecule has 1 aliphatic rings. The molecule has 0 spiro atoms. The minimum absolute atomic E-state index is 0.0398. The molecule has 1 aliphatic carbocycles. The zero-order valence-corrected chi connectivity index (χ0v) is 18.8. The molecule has 1 fully saturated rings. The van der Waals surface area contributed by atoms with E-state index in [-0.39, 0.29) is 11.8 Å². The zero-order chi connectivity index (χ0) is 22.0. The van der Waals surface area contributed by atoms with Gasteiger partial charge in [-0.05, 0) is 36.8 Å². The molecule has 0 unspecified atom stereocenters. The first-order valence-electron chi connectivity index (χ1n) is 10.4. The number of anilines is 2. The number of benzene rings is 1. The lowest BCUT2D eigenvalue weighted by atomic mass is 10.0. The summed E-state index contributed by atoms with van der Waals surface area (Å²) in [5.41, 5.74) is 2.41. The first-order chi connectivity index (χ1) is 14.8. The van der Waals surface area contributed by atoms with Crippen molar-refractivity contribution in [3.63, 3.8) is 0 Å².